The van der Waals surface area contributed by atoms with Gasteiger partial charge in [-0.05, 0) is 25.8 Å². The van der Waals surface area contributed by atoms with Crippen LogP contribution >= 0.6 is 0 Å². The zero-order chi connectivity index (χ0) is 14.1. The molecule has 1 N–H and O–H groups in total. The van der Waals surface area contributed by atoms with Gasteiger partial charge in [0.2, 0.25) is 10.0 Å². The molecule has 2 fully saturated rings. The fraction of sp³-hybridized carbons (Fsp3) is 1.00. The van der Waals surface area contributed by atoms with Gasteiger partial charge in [0.1, 0.15) is 9.84 Å². The minimum atomic E-state index is -3.38. The van der Waals surface area contributed by atoms with Gasteiger partial charge in [0.15, 0.2) is 0 Å². The highest BCUT2D eigenvalue weighted by molar-refractivity contribution is 7.92. The number of nitrogens with zero attached hydrogens (tertiary/aromatic N) is 1. The Bertz CT molecular complexity index is 495. The van der Waals surface area contributed by atoms with Crippen LogP contribution in [-0.2, 0) is 19.9 Å². The summed E-state index contributed by atoms with van der Waals surface area (Å²) in [6, 6.07) is 0.0218. The summed E-state index contributed by atoms with van der Waals surface area (Å²) in [5.74, 6) is -0.00522. The van der Waals surface area contributed by atoms with Crippen LogP contribution in [0.1, 0.15) is 26.2 Å². The quantitative estimate of drug-likeness (QED) is 0.762. The molecule has 0 aromatic heterocycles. The van der Waals surface area contributed by atoms with Gasteiger partial charge < -0.3 is 5.32 Å². The zero-order valence-corrected chi connectivity index (χ0v) is 12.8. The Kier molecular flexibility index (Phi) is 4.54. The van der Waals surface area contributed by atoms with E-state index in [4.69, 9.17) is 0 Å². The molecule has 19 heavy (non-hydrogen) atoms. The zero-order valence-electron chi connectivity index (χ0n) is 11.2. The van der Waals surface area contributed by atoms with Crippen LogP contribution in [0.15, 0.2) is 0 Å². The molecule has 8 heteroatoms. The van der Waals surface area contributed by atoms with Crippen LogP contribution in [0, 0.1) is 0 Å². The summed E-state index contributed by atoms with van der Waals surface area (Å²) in [5, 5.41) is 2.64. The minimum absolute atomic E-state index is 0.00261. The van der Waals surface area contributed by atoms with Crippen molar-refractivity contribution in [2.75, 3.05) is 31.1 Å². The van der Waals surface area contributed by atoms with Crippen molar-refractivity contribution < 1.29 is 16.8 Å². The van der Waals surface area contributed by atoms with Crippen molar-refractivity contribution in [3.05, 3.63) is 0 Å². The molecular formula is C11H22N2O4S2. The average Bonchev–Trinajstić information content (AvgIpc) is 2.82. The third-order valence-electron chi connectivity index (χ3n) is 4.00. The molecule has 0 aliphatic carbocycles. The molecule has 2 rings (SSSR count). The lowest BCUT2D eigenvalue weighted by molar-refractivity contribution is 0.341. The fourth-order valence-electron chi connectivity index (χ4n) is 2.89. The van der Waals surface area contributed by atoms with E-state index in [9.17, 15) is 16.8 Å². The molecule has 0 spiro atoms. The number of hydrogen-bond acceptors (Lipinski definition) is 5. The molecule has 2 saturated heterocycles. The molecule has 2 heterocycles. The van der Waals surface area contributed by atoms with Crippen molar-refractivity contribution in [2.24, 2.45) is 0 Å². The van der Waals surface area contributed by atoms with Crippen LogP contribution in [0.2, 0.25) is 0 Å². The summed E-state index contributed by atoms with van der Waals surface area (Å²) in [4.78, 5) is 0. The Hall–Kier alpha value is -0.180. The van der Waals surface area contributed by atoms with E-state index in [1.807, 2.05) is 6.92 Å². The molecule has 1 atom stereocenters. The topological polar surface area (TPSA) is 83.6 Å². The second kappa shape index (κ2) is 5.67. The SMILES string of the molecule is CCN(C1CCNC1)S(=O)(=O)C1CCS(=O)(=O)CC1. The molecule has 0 amide bonds. The summed E-state index contributed by atoms with van der Waals surface area (Å²) in [6.45, 7) is 3.83. The summed E-state index contributed by atoms with van der Waals surface area (Å²) in [6.07, 6.45) is 1.31. The van der Waals surface area contributed by atoms with Gasteiger partial charge in [-0.1, -0.05) is 6.92 Å². The fourth-order valence-corrected chi connectivity index (χ4v) is 6.85. The summed E-state index contributed by atoms with van der Waals surface area (Å²) < 4.78 is 49.6. The summed E-state index contributed by atoms with van der Waals surface area (Å²) >= 11 is 0. The van der Waals surface area contributed by atoms with Gasteiger partial charge in [0.25, 0.3) is 0 Å². The van der Waals surface area contributed by atoms with Crippen molar-refractivity contribution in [3.63, 3.8) is 0 Å². The first-order valence-electron chi connectivity index (χ1n) is 6.78. The summed E-state index contributed by atoms with van der Waals surface area (Å²) in [5.41, 5.74) is 0. The van der Waals surface area contributed by atoms with E-state index in [0.717, 1.165) is 13.0 Å². The molecule has 2 aliphatic heterocycles. The number of hydrogen-bond donors (Lipinski definition) is 1. The molecule has 0 aromatic carbocycles. The van der Waals surface area contributed by atoms with E-state index < -0.39 is 25.1 Å². The van der Waals surface area contributed by atoms with E-state index >= 15 is 0 Å². The maximum Gasteiger partial charge on any atom is 0.217 e. The molecule has 6 nitrogen and oxygen atoms in total. The third kappa shape index (κ3) is 3.29. The molecule has 0 aromatic rings. The number of likely N-dealkylation sites (N-methyl/N-ethyl adjacent to an activating group) is 1. The highest BCUT2D eigenvalue weighted by Crippen LogP contribution is 2.25. The smallest absolute Gasteiger partial charge is 0.217 e. The molecule has 0 saturated carbocycles. The van der Waals surface area contributed by atoms with Gasteiger partial charge in [-0.15, -0.1) is 0 Å². The number of rotatable bonds is 4. The lowest BCUT2D eigenvalue weighted by atomic mass is 10.2. The average molecular weight is 310 g/mol. The Morgan fingerprint density at radius 1 is 1.21 bits per heavy atom. The van der Waals surface area contributed by atoms with Crippen LogP contribution in [0.4, 0.5) is 0 Å². The van der Waals surface area contributed by atoms with Gasteiger partial charge in [0.05, 0.1) is 16.8 Å². The van der Waals surface area contributed by atoms with Crippen LogP contribution in [0.5, 0.6) is 0 Å². The van der Waals surface area contributed by atoms with E-state index in [1.54, 1.807) is 4.31 Å². The molecule has 2 aliphatic rings. The Morgan fingerprint density at radius 3 is 2.32 bits per heavy atom. The largest absolute Gasteiger partial charge is 0.315 e. The van der Waals surface area contributed by atoms with Gasteiger partial charge >= 0.3 is 0 Å². The monoisotopic (exact) mass is 310 g/mol. The van der Waals surface area contributed by atoms with Crippen molar-refractivity contribution in [2.45, 2.75) is 37.5 Å². The second-order valence-corrected chi connectivity index (χ2v) is 9.72. The van der Waals surface area contributed by atoms with Crippen molar-refractivity contribution in [3.8, 4) is 0 Å². The Morgan fingerprint density at radius 2 is 1.84 bits per heavy atom. The lowest BCUT2D eigenvalue weighted by Gasteiger charge is -2.32. The van der Waals surface area contributed by atoms with Crippen LogP contribution in [-0.4, -0.2) is 63.6 Å². The second-order valence-electron chi connectivity index (χ2n) is 5.25. The minimum Gasteiger partial charge on any atom is -0.315 e. The van der Waals surface area contributed by atoms with Gasteiger partial charge in [-0.3, -0.25) is 0 Å². The summed E-state index contributed by atoms with van der Waals surface area (Å²) in [7, 11) is -6.40. The maximum atomic E-state index is 12.6. The number of nitrogens with one attached hydrogen (secondary N) is 1. The van der Waals surface area contributed by atoms with Gasteiger partial charge in [0, 0.05) is 19.1 Å². The molecular weight excluding hydrogens is 288 g/mol. The standard InChI is InChI=1S/C11H22N2O4S2/c1-2-13(10-3-6-12-9-10)19(16,17)11-4-7-18(14,15)8-5-11/h10-12H,2-9H2,1H3. The van der Waals surface area contributed by atoms with E-state index in [-0.39, 0.29) is 30.4 Å². The van der Waals surface area contributed by atoms with Crippen molar-refractivity contribution in [1.82, 2.24) is 9.62 Å². The van der Waals surface area contributed by atoms with E-state index in [1.165, 1.54) is 0 Å². The lowest BCUT2D eigenvalue weighted by Crippen LogP contribution is -2.47. The first-order chi connectivity index (χ1) is 8.87. The molecule has 0 radical (unpaired) electrons. The van der Waals surface area contributed by atoms with Crippen molar-refractivity contribution in [1.29, 1.82) is 0 Å². The first kappa shape index (κ1) is 15.2. The van der Waals surface area contributed by atoms with Crippen molar-refractivity contribution >= 4 is 19.9 Å². The molecule has 112 valence electrons. The van der Waals surface area contributed by atoms with E-state index in [0.29, 0.717) is 13.1 Å². The normalized spacial score (nSPS) is 28.8. The predicted molar refractivity (Wildman–Crippen MR) is 74.3 cm³/mol. The highest BCUT2D eigenvalue weighted by Gasteiger charge is 2.39. The predicted octanol–water partition coefficient (Wildman–Crippen LogP) is -0.423. The maximum absolute atomic E-state index is 12.6. The van der Waals surface area contributed by atoms with E-state index in [2.05, 4.69) is 5.32 Å². The van der Waals surface area contributed by atoms with Crippen LogP contribution in [0.25, 0.3) is 0 Å². The Labute approximate surface area is 115 Å². The van der Waals surface area contributed by atoms with Gasteiger partial charge in [-0.2, -0.15) is 4.31 Å². The Balaban J connectivity index is 2.12. The van der Waals surface area contributed by atoms with Gasteiger partial charge in [-0.25, -0.2) is 16.8 Å². The molecule has 0 bridgehead atoms. The van der Waals surface area contributed by atoms with Crippen LogP contribution < -0.4 is 5.32 Å². The van der Waals surface area contributed by atoms with Crippen LogP contribution in [0.3, 0.4) is 0 Å². The molecule has 1 unspecified atom stereocenters. The number of sulfonamides is 1. The third-order valence-corrected chi connectivity index (χ3v) is 8.24. The highest BCUT2D eigenvalue weighted by atomic mass is 32.2. The first-order valence-corrected chi connectivity index (χ1v) is 10.1. The number of sulfone groups is 1.